The molecule has 0 aromatic heterocycles. The van der Waals surface area contributed by atoms with E-state index in [1.54, 1.807) is 37.3 Å². The Bertz CT molecular complexity index is 1320. The summed E-state index contributed by atoms with van der Waals surface area (Å²) >= 11 is 0. The first-order valence-corrected chi connectivity index (χ1v) is 12.7. The topological polar surface area (TPSA) is 43.4 Å². The molecule has 0 saturated heterocycles. The molecule has 0 N–H and O–H groups in total. The Morgan fingerprint density at radius 2 is 1.41 bits per heavy atom. The molecule has 34 heavy (non-hydrogen) atoms. The Labute approximate surface area is 198 Å². The van der Waals surface area contributed by atoms with Gasteiger partial charge in [0.15, 0.2) is 7.14 Å². The van der Waals surface area contributed by atoms with Crippen LogP contribution in [0, 0.1) is 5.82 Å². The van der Waals surface area contributed by atoms with Crippen molar-refractivity contribution in [3.63, 3.8) is 0 Å². The molecule has 0 aliphatic rings. The van der Waals surface area contributed by atoms with Gasteiger partial charge in [0, 0.05) is 27.6 Å². The lowest BCUT2D eigenvalue weighted by Crippen LogP contribution is -2.26. The van der Waals surface area contributed by atoms with E-state index in [0.717, 1.165) is 0 Å². The number of esters is 1. The van der Waals surface area contributed by atoms with E-state index >= 15 is 4.39 Å². The fraction of sp³-hybridized carbons (Fsp3) is 0.0690. The summed E-state index contributed by atoms with van der Waals surface area (Å²) in [7, 11) is -3.35. The van der Waals surface area contributed by atoms with Gasteiger partial charge in [-0.2, -0.15) is 0 Å². The van der Waals surface area contributed by atoms with E-state index in [9.17, 15) is 9.36 Å². The van der Waals surface area contributed by atoms with Crippen LogP contribution in [0.15, 0.2) is 109 Å². The zero-order valence-electron chi connectivity index (χ0n) is 18.7. The molecule has 0 unspecified atom stereocenters. The molecule has 0 atom stereocenters. The van der Waals surface area contributed by atoms with E-state index in [4.69, 9.17) is 4.74 Å². The van der Waals surface area contributed by atoms with Crippen LogP contribution in [0.3, 0.4) is 0 Å². The highest BCUT2D eigenvalue weighted by Crippen LogP contribution is 2.45. The average Bonchev–Trinajstić information content (AvgIpc) is 2.88. The number of hydrogen-bond acceptors (Lipinski definition) is 3. The van der Waals surface area contributed by atoms with Gasteiger partial charge in [-0.1, -0.05) is 97.1 Å². The van der Waals surface area contributed by atoms with Crippen LogP contribution in [0.25, 0.3) is 17.2 Å². The van der Waals surface area contributed by atoms with Gasteiger partial charge in [0.1, 0.15) is 5.82 Å². The molecule has 4 aromatic rings. The van der Waals surface area contributed by atoms with Crippen molar-refractivity contribution in [1.82, 2.24) is 0 Å². The third-order valence-corrected chi connectivity index (χ3v) is 8.60. The first kappa shape index (κ1) is 23.4. The molecule has 0 bridgehead atoms. The highest BCUT2D eigenvalue weighted by molar-refractivity contribution is 7.85. The zero-order valence-corrected chi connectivity index (χ0v) is 19.6. The van der Waals surface area contributed by atoms with Crippen molar-refractivity contribution in [3.8, 4) is 11.1 Å². The largest absolute Gasteiger partial charge is 0.463 e. The summed E-state index contributed by atoms with van der Waals surface area (Å²) in [6.45, 7) is 1.97. The molecule has 0 fully saturated rings. The van der Waals surface area contributed by atoms with Crippen LogP contribution in [0.1, 0.15) is 12.5 Å². The molecule has 0 saturated carbocycles. The summed E-state index contributed by atoms with van der Waals surface area (Å²) in [5.41, 5.74) is 1.29. The number of benzene rings is 4. The maximum absolute atomic E-state index is 15.3. The van der Waals surface area contributed by atoms with Crippen LogP contribution in [-0.2, 0) is 14.1 Å². The van der Waals surface area contributed by atoms with Crippen molar-refractivity contribution in [3.05, 3.63) is 121 Å². The van der Waals surface area contributed by atoms with Crippen molar-refractivity contribution >= 4 is 35.1 Å². The predicted molar refractivity (Wildman–Crippen MR) is 137 cm³/mol. The Balaban J connectivity index is 1.97. The van der Waals surface area contributed by atoms with Crippen LogP contribution in [-0.4, -0.2) is 12.6 Å². The molecule has 0 aliphatic carbocycles. The maximum Gasteiger partial charge on any atom is 0.330 e. The van der Waals surface area contributed by atoms with Gasteiger partial charge in [-0.15, -0.1) is 0 Å². The molecule has 4 rings (SSSR count). The SMILES string of the molecule is CCOC(=O)/C=C/c1cccc(F)c1-c1ccccc1P(=O)(c1ccccc1)c1ccccc1. The molecule has 4 aromatic carbocycles. The zero-order chi connectivity index (χ0) is 24.0. The van der Waals surface area contributed by atoms with Crippen molar-refractivity contribution in [1.29, 1.82) is 0 Å². The van der Waals surface area contributed by atoms with Gasteiger partial charge in [0.05, 0.1) is 6.61 Å². The van der Waals surface area contributed by atoms with Gasteiger partial charge >= 0.3 is 5.97 Å². The van der Waals surface area contributed by atoms with Gasteiger partial charge < -0.3 is 9.30 Å². The molecule has 0 spiro atoms. The van der Waals surface area contributed by atoms with E-state index in [2.05, 4.69) is 0 Å². The molecular formula is C29H24FO3P. The number of ether oxygens (including phenoxy) is 1. The standard InChI is InChI=1S/C29H24FO3P/c1-2-33-28(31)21-20-22-12-11-18-26(30)29(22)25-17-9-10-19-27(25)34(32,23-13-5-3-6-14-23)24-15-7-4-8-16-24/h3-21H,2H2,1H3/b21-20+. The minimum Gasteiger partial charge on any atom is -0.463 e. The van der Waals surface area contributed by atoms with Crippen molar-refractivity contribution < 1.29 is 18.5 Å². The summed E-state index contributed by atoms with van der Waals surface area (Å²) < 4.78 is 35.3. The summed E-state index contributed by atoms with van der Waals surface area (Å²) in [4.78, 5) is 11.9. The lowest BCUT2D eigenvalue weighted by Gasteiger charge is -2.23. The lowest BCUT2D eigenvalue weighted by molar-refractivity contribution is -0.137. The molecular weight excluding hydrogens is 446 g/mol. The van der Waals surface area contributed by atoms with Crippen LogP contribution < -0.4 is 15.9 Å². The average molecular weight is 470 g/mol. The van der Waals surface area contributed by atoms with E-state index in [1.165, 1.54) is 18.2 Å². The molecule has 0 heterocycles. The molecule has 170 valence electrons. The maximum atomic E-state index is 15.3. The Morgan fingerprint density at radius 3 is 2.03 bits per heavy atom. The van der Waals surface area contributed by atoms with Gasteiger partial charge in [-0.25, -0.2) is 9.18 Å². The van der Waals surface area contributed by atoms with E-state index in [-0.39, 0.29) is 12.2 Å². The normalized spacial score (nSPS) is 11.5. The second-order valence-corrected chi connectivity index (χ2v) is 10.3. The quantitative estimate of drug-likeness (QED) is 0.198. The second-order valence-electron chi connectivity index (χ2n) is 7.59. The molecule has 3 nitrogen and oxygen atoms in total. The summed E-state index contributed by atoms with van der Waals surface area (Å²) in [6.07, 6.45) is 2.81. The second kappa shape index (κ2) is 10.5. The summed E-state index contributed by atoms with van der Waals surface area (Å²) in [5.74, 6) is -0.976. The van der Waals surface area contributed by atoms with Crippen LogP contribution in [0.4, 0.5) is 4.39 Å². The number of rotatable bonds is 7. The third-order valence-electron chi connectivity index (χ3n) is 5.48. The van der Waals surface area contributed by atoms with E-state index in [1.807, 2.05) is 66.7 Å². The van der Waals surface area contributed by atoms with Gasteiger partial charge in [-0.3, -0.25) is 0 Å². The number of carbonyl (C=O) groups excluding carboxylic acids is 1. The summed E-state index contributed by atoms with van der Waals surface area (Å²) in [5, 5.41) is 1.85. The lowest BCUT2D eigenvalue weighted by atomic mass is 9.98. The van der Waals surface area contributed by atoms with Crippen LogP contribution in [0.5, 0.6) is 0 Å². The third kappa shape index (κ3) is 4.64. The highest BCUT2D eigenvalue weighted by atomic mass is 31.2. The molecule has 0 aliphatic heterocycles. The Morgan fingerprint density at radius 1 is 0.824 bits per heavy atom. The number of carbonyl (C=O) groups is 1. The fourth-order valence-corrected chi connectivity index (χ4v) is 6.83. The highest BCUT2D eigenvalue weighted by Gasteiger charge is 2.32. The van der Waals surface area contributed by atoms with Crippen molar-refractivity contribution in [2.45, 2.75) is 6.92 Å². The molecule has 5 heteroatoms. The molecule has 0 amide bonds. The first-order valence-electron chi connectivity index (χ1n) is 11.0. The molecule has 0 radical (unpaired) electrons. The van der Waals surface area contributed by atoms with Gasteiger partial charge in [0.2, 0.25) is 0 Å². The minimum atomic E-state index is -3.35. The predicted octanol–water partition coefficient (Wildman–Crippen LogP) is 5.71. The van der Waals surface area contributed by atoms with Crippen molar-refractivity contribution in [2.24, 2.45) is 0 Å². The first-order chi connectivity index (χ1) is 16.6. The Kier molecular flexibility index (Phi) is 7.20. The summed E-state index contributed by atoms with van der Waals surface area (Å²) in [6, 6.07) is 30.4. The van der Waals surface area contributed by atoms with E-state index in [0.29, 0.717) is 27.0 Å². The van der Waals surface area contributed by atoms with Gasteiger partial charge in [-0.05, 0) is 30.2 Å². The van der Waals surface area contributed by atoms with E-state index < -0.39 is 18.9 Å². The van der Waals surface area contributed by atoms with Crippen LogP contribution in [0.2, 0.25) is 0 Å². The number of halogens is 1. The number of hydrogen-bond donors (Lipinski definition) is 0. The smallest absolute Gasteiger partial charge is 0.330 e. The Hall–Kier alpha value is -3.75. The monoisotopic (exact) mass is 470 g/mol. The van der Waals surface area contributed by atoms with Gasteiger partial charge in [0.25, 0.3) is 0 Å². The van der Waals surface area contributed by atoms with Crippen LogP contribution >= 0.6 is 7.14 Å². The van der Waals surface area contributed by atoms with Crippen molar-refractivity contribution in [2.75, 3.05) is 6.61 Å². The fourth-order valence-electron chi connectivity index (χ4n) is 3.97. The minimum absolute atomic E-state index is 0.249.